The van der Waals surface area contributed by atoms with E-state index >= 15 is 0 Å². The van der Waals surface area contributed by atoms with Crippen LogP contribution < -0.4 is 10.6 Å². The number of hydrogen-bond acceptors (Lipinski definition) is 2. The number of carbonyl (C=O) groups excluding carboxylic acids is 1. The highest BCUT2D eigenvalue weighted by molar-refractivity contribution is 9.10. The molecule has 2 amide bonds. The summed E-state index contributed by atoms with van der Waals surface area (Å²) in [7, 11) is 3.46. The molecule has 0 saturated carbocycles. The summed E-state index contributed by atoms with van der Waals surface area (Å²) in [5.74, 6) is 0. The molecule has 1 aromatic rings. The number of benzene rings is 1. The largest absolute Gasteiger partial charge is 0.337 e. The fourth-order valence-electron chi connectivity index (χ4n) is 1.47. The van der Waals surface area contributed by atoms with Crippen LogP contribution in [-0.2, 0) is 6.54 Å². The Balaban J connectivity index is 2.22. The van der Waals surface area contributed by atoms with Gasteiger partial charge >= 0.3 is 6.03 Å². The molecule has 5 heteroatoms. The summed E-state index contributed by atoms with van der Waals surface area (Å²) in [6, 6.07) is 6.23. The molecule has 1 aromatic carbocycles. The number of urea groups is 1. The van der Waals surface area contributed by atoms with E-state index in [9.17, 15) is 4.79 Å². The van der Waals surface area contributed by atoms with E-state index in [1.54, 1.807) is 14.1 Å². The van der Waals surface area contributed by atoms with E-state index in [0.717, 1.165) is 17.6 Å². The quantitative estimate of drug-likeness (QED) is 0.818. The molecular formula is C13H20BrN3O. The number of nitrogens with one attached hydrogen (secondary N) is 2. The molecule has 0 unspecified atom stereocenters. The molecule has 0 aliphatic rings. The second-order valence-corrected chi connectivity index (χ2v) is 5.24. The average molecular weight is 314 g/mol. The van der Waals surface area contributed by atoms with Gasteiger partial charge in [0.1, 0.15) is 0 Å². The summed E-state index contributed by atoms with van der Waals surface area (Å²) < 4.78 is 1.13. The Morgan fingerprint density at radius 3 is 2.67 bits per heavy atom. The van der Waals surface area contributed by atoms with Crippen molar-refractivity contribution in [1.82, 2.24) is 15.5 Å². The van der Waals surface area contributed by atoms with Crippen molar-refractivity contribution >= 4 is 22.0 Å². The van der Waals surface area contributed by atoms with Gasteiger partial charge < -0.3 is 15.5 Å². The molecule has 0 bridgehead atoms. The van der Waals surface area contributed by atoms with Gasteiger partial charge in [0.25, 0.3) is 0 Å². The van der Waals surface area contributed by atoms with Crippen LogP contribution in [0.4, 0.5) is 4.79 Å². The maximum absolute atomic E-state index is 11.2. The van der Waals surface area contributed by atoms with Gasteiger partial charge in [0, 0.05) is 38.2 Å². The number of amides is 2. The van der Waals surface area contributed by atoms with Crippen LogP contribution in [0.5, 0.6) is 0 Å². The van der Waals surface area contributed by atoms with Crippen molar-refractivity contribution in [3.63, 3.8) is 0 Å². The summed E-state index contributed by atoms with van der Waals surface area (Å²) in [6.07, 6.45) is 0. The lowest BCUT2D eigenvalue weighted by Gasteiger charge is -2.12. The standard InChI is InChI=1S/C13H20BrN3O/c1-10-8-11(4-5-12(10)14)9-15-6-7-16-13(18)17(2)3/h4-5,8,15H,6-7,9H2,1-3H3,(H,16,18). The SMILES string of the molecule is Cc1cc(CNCCNC(=O)N(C)C)ccc1Br. The number of aryl methyl sites for hydroxylation is 1. The fourth-order valence-corrected chi connectivity index (χ4v) is 1.71. The summed E-state index contributed by atoms with van der Waals surface area (Å²) >= 11 is 3.48. The molecule has 0 fully saturated rings. The Morgan fingerprint density at radius 1 is 1.33 bits per heavy atom. The fraction of sp³-hybridized carbons (Fsp3) is 0.462. The highest BCUT2D eigenvalue weighted by Crippen LogP contribution is 2.16. The van der Waals surface area contributed by atoms with E-state index in [-0.39, 0.29) is 6.03 Å². The van der Waals surface area contributed by atoms with Crippen LogP contribution in [0, 0.1) is 6.92 Å². The zero-order chi connectivity index (χ0) is 13.5. The molecule has 0 radical (unpaired) electrons. The minimum absolute atomic E-state index is 0.0590. The topological polar surface area (TPSA) is 44.4 Å². The Morgan fingerprint density at radius 2 is 2.06 bits per heavy atom. The van der Waals surface area contributed by atoms with Crippen molar-refractivity contribution in [3.8, 4) is 0 Å². The first-order valence-electron chi connectivity index (χ1n) is 5.91. The van der Waals surface area contributed by atoms with E-state index < -0.39 is 0 Å². The smallest absolute Gasteiger partial charge is 0.316 e. The maximum Gasteiger partial charge on any atom is 0.316 e. The first-order chi connectivity index (χ1) is 8.50. The van der Waals surface area contributed by atoms with E-state index in [2.05, 4.69) is 51.7 Å². The van der Waals surface area contributed by atoms with Gasteiger partial charge in [0.15, 0.2) is 0 Å². The number of rotatable bonds is 5. The van der Waals surface area contributed by atoms with Crippen LogP contribution in [0.15, 0.2) is 22.7 Å². The highest BCUT2D eigenvalue weighted by atomic mass is 79.9. The molecule has 0 aliphatic carbocycles. The van der Waals surface area contributed by atoms with Crippen molar-refractivity contribution in [1.29, 1.82) is 0 Å². The summed E-state index contributed by atoms with van der Waals surface area (Å²) in [4.78, 5) is 12.8. The van der Waals surface area contributed by atoms with Crippen LogP contribution in [0.25, 0.3) is 0 Å². The number of hydrogen-bond donors (Lipinski definition) is 2. The predicted octanol–water partition coefficient (Wildman–Crippen LogP) is 2.12. The van der Waals surface area contributed by atoms with Crippen LogP contribution >= 0.6 is 15.9 Å². The molecule has 2 N–H and O–H groups in total. The van der Waals surface area contributed by atoms with Crippen LogP contribution in [0.2, 0.25) is 0 Å². The lowest BCUT2D eigenvalue weighted by Crippen LogP contribution is -2.38. The van der Waals surface area contributed by atoms with Crippen molar-refractivity contribution < 1.29 is 4.79 Å². The molecule has 0 aromatic heterocycles. The molecule has 0 saturated heterocycles. The third-order valence-electron chi connectivity index (χ3n) is 2.54. The second-order valence-electron chi connectivity index (χ2n) is 4.39. The van der Waals surface area contributed by atoms with Gasteiger partial charge in [-0.15, -0.1) is 0 Å². The van der Waals surface area contributed by atoms with Gasteiger partial charge in [-0.2, -0.15) is 0 Å². The van der Waals surface area contributed by atoms with E-state index in [1.807, 2.05) is 0 Å². The first kappa shape index (κ1) is 15.0. The van der Waals surface area contributed by atoms with E-state index in [0.29, 0.717) is 6.54 Å². The molecule has 0 aliphatic heterocycles. The van der Waals surface area contributed by atoms with Crippen molar-refractivity contribution in [3.05, 3.63) is 33.8 Å². The van der Waals surface area contributed by atoms with Crippen LogP contribution in [0.1, 0.15) is 11.1 Å². The summed E-state index contributed by atoms with van der Waals surface area (Å²) in [6.45, 7) is 4.28. The van der Waals surface area contributed by atoms with E-state index in [4.69, 9.17) is 0 Å². The molecule has 0 heterocycles. The minimum atomic E-state index is -0.0590. The van der Waals surface area contributed by atoms with Gasteiger partial charge in [0.05, 0.1) is 0 Å². The van der Waals surface area contributed by atoms with Gasteiger partial charge in [0.2, 0.25) is 0 Å². The summed E-state index contributed by atoms with van der Waals surface area (Å²) in [5.41, 5.74) is 2.48. The Bertz CT molecular complexity index is 407. The monoisotopic (exact) mass is 313 g/mol. The zero-order valence-corrected chi connectivity index (χ0v) is 12.7. The van der Waals surface area contributed by atoms with Gasteiger partial charge in [-0.3, -0.25) is 0 Å². The predicted molar refractivity (Wildman–Crippen MR) is 77.7 cm³/mol. The number of halogens is 1. The van der Waals surface area contributed by atoms with Crippen LogP contribution in [0.3, 0.4) is 0 Å². The first-order valence-corrected chi connectivity index (χ1v) is 6.71. The molecule has 18 heavy (non-hydrogen) atoms. The normalized spacial score (nSPS) is 10.2. The molecular weight excluding hydrogens is 294 g/mol. The summed E-state index contributed by atoms with van der Waals surface area (Å²) in [5, 5.41) is 6.10. The molecule has 0 spiro atoms. The van der Waals surface area contributed by atoms with E-state index in [1.165, 1.54) is 16.0 Å². The van der Waals surface area contributed by atoms with Crippen LogP contribution in [-0.4, -0.2) is 38.1 Å². The highest BCUT2D eigenvalue weighted by Gasteiger charge is 2.01. The molecule has 4 nitrogen and oxygen atoms in total. The number of nitrogens with zero attached hydrogens (tertiary/aromatic N) is 1. The van der Waals surface area contributed by atoms with Gasteiger partial charge in [-0.05, 0) is 24.1 Å². The van der Waals surface area contributed by atoms with Gasteiger partial charge in [-0.1, -0.05) is 28.1 Å². The van der Waals surface area contributed by atoms with Crippen molar-refractivity contribution in [2.24, 2.45) is 0 Å². The Labute approximate surface area is 117 Å². The average Bonchev–Trinajstić information content (AvgIpc) is 2.32. The molecule has 0 atom stereocenters. The number of carbonyl (C=O) groups is 1. The third-order valence-corrected chi connectivity index (χ3v) is 3.43. The van der Waals surface area contributed by atoms with Crippen molar-refractivity contribution in [2.45, 2.75) is 13.5 Å². The second kappa shape index (κ2) is 7.38. The van der Waals surface area contributed by atoms with Crippen molar-refractivity contribution in [2.75, 3.05) is 27.2 Å². The Hall–Kier alpha value is -1.07. The lowest BCUT2D eigenvalue weighted by atomic mass is 10.1. The van der Waals surface area contributed by atoms with Gasteiger partial charge in [-0.25, -0.2) is 4.79 Å². The minimum Gasteiger partial charge on any atom is -0.337 e. The zero-order valence-electron chi connectivity index (χ0n) is 11.1. The Kier molecular flexibility index (Phi) is 6.15. The lowest BCUT2D eigenvalue weighted by molar-refractivity contribution is 0.217. The molecule has 100 valence electrons. The molecule has 1 rings (SSSR count). The maximum atomic E-state index is 11.2. The third kappa shape index (κ3) is 5.06.